The van der Waals surface area contributed by atoms with Gasteiger partial charge in [-0.25, -0.2) is 4.79 Å². The van der Waals surface area contributed by atoms with Crippen LogP contribution < -0.4 is 10.6 Å². The van der Waals surface area contributed by atoms with E-state index in [1.165, 1.54) is 0 Å². The Hall–Kier alpha value is -1.47. The number of carbonyl (C=O) groups is 2. The Kier molecular flexibility index (Phi) is 5.47. The third-order valence-electron chi connectivity index (χ3n) is 3.02. The normalized spacial score (nSPS) is 22.8. The molecule has 0 spiro atoms. The minimum absolute atomic E-state index is 0.449. The van der Waals surface area contributed by atoms with Gasteiger partial charge in [-0.2, -0.15) is 13.2 Å². The molecule has 1 aliphatic rings. The number of amides is 2. The van der Waals surface area contributed by atoms with E-state index in [0.717, 1.165) is 0 Å². The Labute approximate surface area is 121 Å². The van der Waals surface area contributed by atoms with Gasteiger partial charge in [0, 0.05) is 6.04 Å². The van der Waals surface area contributed by atoms with E-state index in [2.05, 4.69) is 5.32 Å². The molecule has 2 atom stereocenters. The Morgan fingerprint density at radius 3 is 2.33 bits per heavy atom. The molecule has 0 aliphatic heterocycles. The molecule has 8 heteroatoms. The van der Waals surface area contributed by atoms with E-state index in [1.807, 2.05) is 5.32 Å². The first-order chi connectivity index (χ1) is 9.48. The van der Waals surface area contributed by atoms with Crippen molar-refractivity contribution in [3.05, 3.63) is 0 Å². The van der Waals surface area contributed by atoms with E-state index >= 15 is 0 Å². The third kappa shape index (κ3) is 6.68. The summed E-state index contributed by atoms with van der Waals surface area (Å²) in [5.41, 5.74) is -0.670. The first kappa shape index (κ1) is 17.6. The highest BCUT2D eigenvalue weighted by molar-refractivity contribution is 5.80. The minimum Gasteiger partial charge on any atom is -0.444 e. The fraction of sp³-hybridized carbons (Fsp3) is 0.846. The lowest BCUT2D eigenvalue weighted by Crippen LogP contribution is -2.47. The van der Waals surface area contributed by atoms with Gasteiger partial charge in [-0.05, 0) is 33.6 Å². The van der Waals surface area contributed by atoms with Gasteiger partial charge < -0.3 is 15.4 Å². The molecule has 2 N–H and O–H groups in total. The zero-order valence-electron chi connectivity index (χ0n) is 12.3. The molecule has 21 heavy (non-hydrogen) atoms. The van der Waals surface area contributed by atoms with Crippen molar-refractivity contribution in [2.75, 3.05) is 6.54 Å². The summed E-state index contributed by atoms with van der Waals surface area (Å²) in [4.78, 5) is 23.4. The second-order valence-electron chi connectivity index (χ2n) is 6.12. The molecule has 0 aromatic rings. The molecular weight excluding hydrogens is 289 g/mol. The van der Waals surface area contributed by atoms with Crippen LogP contribution in [0.25, 0.3) is 0 Å². The Morgan fingerprint density at radius 1 is 1.19 bits per heavy atom. The number of hydrogen-bond acceptors (Lipinski definition) is 3. The van der Waals surface area contributed by atoms with E-state index in [9.17, 15) is 22.8 Å². The first-order valence-corrected chi connectivity index (χ1v) is 6.82. The number of ether oxygens (including phenoxy) is 1. The average Bonchev–Trinajstić information content (AvgIpc) is 2.70. The monoisotopic (exact) mass is 310 g/mol. The summed E-state index contributed by atoms with van der Waals surface area (Å²) >= 11 is 0. The molecule has 0 bridgehead atoms. The maximum absolute atomic E-state index is 12.1. The van der Waals surface area contributed by atoms with Gasteiger partial charge in [0.05, 0.1) is 5.92 Å². The molecule has 0 aromatic heterocycles. The molecule has 0 saturated heterocycles. The highest BCUT2D eigenvalue weighted by atomic mass is 19.4. The zero-order chi connectivity index (χ0) is 16.3. The second kappa shape index (κ2) is 6.53. The van der Waals surface area contributed by atoms with Gasteiger partial charge in [-0.1, -0.05) is 6.42 Å². The topological polar surface area (TPSA) is 67.4 Å². The van der Waals surface area contributed by atoms with Crippen LogP contribution >= 0.6 is 0 Å². The summed E-state index contributed by atoms with van der Waals surface area (Å²) in [7, 11) is 0. The third-order valence-corrected chi connectivity index (χ3v) is 3.02. The Bertz CT molecular complexity index is 391. The van der Waals surface area contributed by atoms with Crippen LogP contribution in [0, 0.1) is 5.92 Å². The van der Waals surface area contributed by atoms with Crippen molar-refractivity contribution in [3.8, 4) is 0 Å². The van der Waals surface area contributed by atoms with Crippen LogP contribution in [0.2, 0.25) is 0 Å². The highest BCUT2D eigenvalue weighted by Crippen LogP contribution is 2.26. The molecule has 1 saturated carbocycles. The van der Waals surface area contributed by atoms with Gasteiger partial charge in [-0.15, -0.1) is 0 Å². The van der Waals surface area contributed by atoms with Gasteiger partial charge in [0.1, 0.15) is 12.1 Å². The number of hydrogen-bond donors (Lipinski definition) is 2. The summed E-state index contributed by atoms with van der Waals surface area (Å²) in [5.74, 6) is -1.34. The van der Waals surface area contributed by atoms with E-state index in [1.54, 1.807) is 20.8 Å². The fourth-order valence-corrected chi connectivity index (χ4v) is 2.22. The van der Waals surface area contributed by atoms with Crippen LogP contribution in [0.4, 0.5) is 18.0 Å². The Morgan fingerprint density at radius 2 is 1.81 bits per heavy atom. The average molecular weight is 310 g/mol. The number of rotatable bonds is 3. The van der Waals surface area contributed by atoms with Gasteiger partial charge in [0.2, 0.25) is 5.91 Å². The molecule has 0 aromatic carbocycles. The lowest BCUT2D eigenvalue weighted by atomic mass is 10.0. The molecule has 1 rings (SSSR count). The van der Waals surface area contributed by atoms with Crippen molar-refractivity contribution in [2.45, 2.75) is 57.9 Å². The standard InChI is InChI=1S/C13H21F3N2O3/c1-12(2,3)21-11(20)18-9-6-4-5-8(9)10(19)17-7-13(14,15)16/h8-9H,4-7H2,1-3H3,(H,17,19)(H,18,20)/t8-,9+/m0/s1. The highest BCUT2D eigenvalue weighted by Gasteiger charge is 2.36. The fourth-order valence-electron chi connectivity index (χ4n) is 2.22. The molecule has 5 nitrogen and oxygen atoms in total. The number of alkyl carbamates (subject to hydrolysis) is 1. The number of carbonyl (C=O) groups excluding carboxylic acids is 2. The summed E-state index contributed by atoms with van der Waals surface area (Å²) < 4.78 is 41.4. The van der Waals surface area contributed by atoms with E-state index in [-0.39, 0.29) is 0 Å². The van der Waals surface area contributed by atoms with Crippen LogP contribution in [0.3, 0.4) is 0 Å². The van der Waals surface area contributed by atoms with E-state index in [4.69, 9.17) is 4.74 Å². The summed E-state index contributed by atoms with van der Waals surface area (Å²) in [5, 5.41) is 4.42. The smallest absolute Gasteiger partial charge is 0.407 e. The predicted octanol–water partition coefficient (Wildman–Crippen LogP) is 2.36. The summed E-state index contributed by atoms with van der Waals surface area (Å²) in [6.07, 6.45) is -3.44. The molecule has 0 unspecified atom stereocenters. The summed E-state index contributed by atoms with van der Waals surface area (Å²) in [6, 6.07) is -0.493. The molecule has 1 fully saturated rings. The minimum atomic E-state index is -4.44. The summed E-state index contributed by atoms with van der Waals surface area (Å²) in [6.45, 7) is 3.75. The quantitative estimate of drug-likeness (QED) is 0.841. The van der Waals surface area contributed by atoms with Crippen molar-refractivity contribution in [2.24, 2.45) is 5.92 Å². The van der Waals surface area contributed by atoms with Crippen molar-refractivity contribution >= 4 is 12.0 Å². The molecule has 0 heterocycles. The van der Waals surface area contributed by atoms with E-state index < -0.39 is 42.3 Å². The number of halogens is 3. The van der Waals surface area contributed by atoms with E-state index in [0.29, 0.717) is 19.3 Å². The van der Waals surface area contributed by atoms with Crippen LogP contribution in [-0.4, -0.2) is 36.4 Å². The lowest BCUT2D eigenvalue weighted by molar-refractivity contribution is -0.141. The maximum Gasteiger partial charge on any atom is 0.407 e. The number of alkyl halides is 3. The Balaban J connectivity index is 2.51. The van der Waals surface area contributed by atoms with Crippen molar-refractivity contribution < 1.29 is 27.5 Å². The SMILES string of the molecule is CC(C)(C)OC(=O)N[C@@H]1CCC[C@@H]1C(=O)NCC(F)(F)F. The van der Waals surface area contributed by atoms with Crippen LogP contribution in [0.1, 0.15) is 40.0 Å². The molecular formula is C13H21F3N2O3. The predicted molar refractivity (Wildman–Crippen MR) is 69.6 cm³/mol. The zero-order valence-corrected chi connectivity index (χ0v) is 12.3. The van der Waals surface area contributed by atoms with Gasteiger partial charge in [0.15, 0.2) is 0 Å². The molecule has 0 radical (unpaired) electrons. The molecule has 2 amide bonds. The van der Waals surface area contributed by atoms with Gasteiger partial charge in [-0.3, -0.25) is 4.79 Å². The van der Waals surface area contributed by atoms with Crippen LogP contribution in [0.5, 0.6) is 0 Å². The van der Waals surface area contributed by atoms with Gasteiger partial charge >= 0.3 is 12.3 Å². The van der Waals surface area contributed by atoms with Crippen molar-refractivity contribution in [1.82, 2.24) is 10.6 Å². The van der Waals surface area contributed by atoms with Gasteiger partial charge in [0.25, 0.3) is 0 Å². The van der Waals surface area contributed by atoms with Crippen LogP contribution in [0.15, 0.2) is 0 Å². The molecule has 122 valence electrons. The number of nitrogens with one attached hydrogen (secondary N) is 2. The second-order valence-corrected chi connectivity index (χ2v) is 6.12. The molecule has 1 aliphatic carbocycles. The largest absolute Gasteiger partial charge is 0.444 e. The van der Waals surface area contributed by atoms with Crippen LogP contribution in [-0.2, 0) is 9.53 Å². The maximum atomic E-state index is 12.1. The van der Waals surface area contributed by atoms with Crippen molar-refractivity contribution in [3.63, 3.8) is 0 Å². The first-order valence-electron chi connectivity index (χ1n) is 6.82. The lowest BCUT2D eigenvalue weighted by Gasteiger charge is -2.24. The van der Waals surface area contributed by atoms with Crippen molar-refractivity contribution in [1.29, 1.82) is 0 Å².